The van der Waals surface area contributed by atoms with E-state index in [1.54, 1.807) is 6.07 Å². The number of carbonyl (C=O) groups excluding carboxylic acids is 1. The molecule has 27 heavy (non-hydrogen) atoms. The normalized spacial score (nSPS) is 20.1. The van der Waals surface area contributed by atoms with Crippen LogP contribution in [-0.4, -0.2) is 53.4 Å². The Kier molecular flexibility index (Phi) is 6.90. The molecule has 0 aliphatic carbocycles. The molecular formula is C16H19ClF3N3O4. The number of carboxylic acid groups (broad SMARTS) is 1. The number of halogens is 4. The zero-order chi connectivity index (χ0) is 20.2. The standard InChI is InChI=1S/C14H18ClN3O2.C2HF3O2/c15-10-1-2-12-9(7-10)8-13(20-12)14(19)17-18-5-3-11(16)4-6-18;3-2(4,5)1(6)7/h1-2,7,11,13H,3-6,8,16H2,(H,17,19);(H,6,7). The molecule has 2 heterocycles. The van der Waals surface area contributed by atoms with E-state index in [-0.39, 0.29) is 11.9 Å². The highest BCUT2D eigenvalue weighted by Crippen LogP contribution is 2.31. The second-order valence-corrected chi connectivity index (χ2v) is 6.60. The van der Waals surface area contributed by atoms with Crippen molar-refractivity contribution in [2.75, 3.05) is 13.1 Å². The van der Waals surface area contributed by atoms with Gasteiger partial charge in [0.1, 0.15) is 5.75 Å². The number of rotatable bonds is 2. The second kappa shape index (κ2) is 8.77. The molecule has 0 bridgehead atoms. The molecule has 0 saturated carbocycles. The topological polar surface area (TPSA) is 105 Å². The minimum Gasteiger partial charge on any atom is -0.480 e. The maximum absolute atomic E-state index is 12.2. The Morgan fingerprint density at radius 3 is 2.44 bits per heavy atom. The minimum atomic E-state index is -5.08. The number of hydrazine groups is 1. The van der Waals surface area contributed by atoms with Gasteiger partial charge in [0, 0.05) is 30.6 Å². The van der Waals surface area contributed by atoms with Crippen molar-refractivity contribution in [1.82, 2.24) is 10.4 Å². The van der Waals surface area contributed by atoms with E-state index >= 15 is 0 Å². The van der Waals surface area contributed by atoms with Crippen LogP contribution in [0.25, 0.3) is 0 Å². The van der Waals surface area contributed by atoms with Gasteiger partial charge in [0.05, 0.1) is 0 Å². The third kappa shape index (κ3) is 6.26. The van der Waals surface area contributed by atoms with Crippen LogP contribution >= 0.6 is 11.6 Å². The fourth-order valence-electron chi connectivity index (χ4n) is 2.60. The van der Waals surface area contributed by atoms with Crippen LogP contribution in [0.5, 0.6) is 5.75 Å². The molecule has 2 aliphatic rings. The first kappa shape index (κ1) is 21.3. The predicted octanol–water partition coefficient (Wildman–Crippen LogP) is 1.73. The molecular weight excluding hydrogens is 391 g/mol. The average molecular weight is 410 g/mol. The van der Waals surface area contributed by atoms with Crippen molar-refractivity contribution in [1.29, 1.82) is 0 Å². The Morgan fingerprint density at radius 1 is 1.30 bits per heavy atom. The molecule has 1 fully saturated rings. The van der Waals surface area contributed by atoms with Crippen molar-refractivity contribution >= 4 is 23.5 Å². The molecule has 1 aromatic rings. The third-order valence-electron chi connectivity index (χ3n) is 4.04. The summed E-state index contributed by atoms with van der Waals surface area (Å²) in [5.41, 5.74) is 9.74. The summed E-state index contributed by atoms with van der Waals surface area (Å²) >= 11 is 5.94. The van der Waals surface area contributed by atoms with E-state index in [0.29, 0.717) is 11.4 Å². The number of nitrogens with zero attached hydrogens (tertiary/aromatic N) is 1. The van der Waals surface area contributed by atoms with E-state index in [4.69, 9.17) is 32.0 Å². The molecule has 1 amide bonds. The summed E-state index contributed by atoms with van der Waals surface area (Å²) in [7, 11) is 0. The molecule has 3 rings (SSSR count). The van der Waals surface area contributed by atoms with Gasteiger partial charge in [-0.2, -0.15) is 13.2 Å². The molecule has 0 radical (unpaired) electrons. The number of amides is 1. The number of fused-ring (bicyclic) bond motifs is 1. The third-order valence-corrected chi connectivity index (χ3v) is 4.28. The van der Waals surface area contributed by atoms with Crippen molar-refractivity contribution in [3.63, 3.8) is 0 Å². The average Bonchev–Trinajstić information content (AvgIpc) is 3.00. The molecule has 2 aliphatic heterocycles. The minimum absolute atomic E-state index is 0.104. The Morgan fingerprint density at radius 2 is 1.89 bits per heavy atom. The maximum atomic E-state index is 12.2. The van der Waals surface area contributed by atoms with Gasteiger partial charge in [0.25, 0.3) is 5.91 Å². The Hall–Kier alpha value is -2.04. The number of aliphatic carboxylic acids is 1. The zero-order valence-corrected chi connectivity index (χ0v) is 14.9. The van der Waals surface area contributed by atoms with Crippen molar-refractivity contribution in [3.8, 4) is 5.75 Å². The zero-order valence-electron chi connectivity index (χ0n) is 14.1. The molecule has 1 aromatic carbocycles. The van der Waals surface area contributed by atoms with Gasteiger partial charge in [-0.1, -0.05) is 11.6 Å². The number of hydrogen-bond donors (Lipinski definition) is 3. The first-order chi connectivity index (χ1) is 12.6. The predicted molar refractivity (Wildman–Crippen MR) is 90.2 cm³/mol. The summed E-state index contributed by atoms with van der Waals surface area (Å²) < 4.78 is 37.4. The fraction of sp³-hybridized carbons (Fsp3) is 0.500. The molecule has 0 aromatic heterocycles. The number of alkyl halides is 3. The van der Waals surface area contributed by atoms with Crippen LogP contribution in [0.15, 0.2) is 18.2 Å². The summed E-state index contributed by atoms with van der Waals surface area (Å²) in [4.78, 5) is 21.1. The van der Waals surface area contributed by atoms with Crippen molar-refractivity contribution < 1.29 is 32.6 Å². The Bertz CT molecular complexity index is 694. The lowest BCUT2D eigenvalue weighted by atomic mass is 10.1. The Labute approximate surface area is 158 Å². The van der Waals surface area contributed by atoms with E-state index in [0.717, 1.165) is 37.2 Å². The quantitative estimate of drug-likeness (QED) is 0.687. The molecule has 1 atom stereocenters. The van der Waals surface area contributed by atoms with Crippen LogP contribution < -0.4 is 15.9 Å². The summed E-state index contributed by atoms with van der Waals surface area (Å²) in [6.45, 7) is 1.58. The molecule has 150 valence electrons. The van der Waals surface area contributed by atoms with E-state index in [1.165, 1.54) is 0 Å². The lowest BCUT2D eigenvalue weighted by Crippen LogP contribution is -2.52. The monoisotopic (exact) mass is 409 g/mol. The molecule has 1 saturated heterocycles. The summed E-state index contributed by atoms with van der Waals surface area (Å²) in [6, 6.07) is 5.68. The number of hydrogen-bond acceptors (Lipinski definition) is 5. The van der Waals surface area contributed by atoms with Crippen LogP contribution in [0.4, 0.5) is 13.2 Å². The van der Waals surface area contributed by atoms with Gasteiger partial charge in [0.15, 0.2) is 6.10 Å². The summed E-state index contributed by atoms with van der Waals surface area (Å²) in [6.07, 6.45) is -3.18. The van der Waals surface area contributed by atoms with E-state index in [2.05, 4.69) is 5.43 Å². The first-order valence-corrected chi connectivity index (χ1v) is 8.50. The molecule has 11 heteroatoms. The number of carboxylic acids is 1. The lowest BCUT2D eigenvalue weighted by molar-refractivity contribution is -0.192. The smallest absolute Gasteiger partial charge is 0.480 e. The largest absolute Gasteiger partial charge is 0.490 e. The number of nitrogens with one attached hydrogen (secondary N) is 1. The first-order valence-electron chi connectivity index (χ1n) is 8.12. The van der Waals surface area contributed by atoms with Gasteiger partial charge in [-0.05, 0) is 36.6 Å². The molecule has 4 N–H and O–H groups in total. The SMILES string of the molecule is NC1CCN(NC(=O)C2Cc3cc(Cl)ccc3O2)CC1.O=C(O)C(F)(F)F. The molecule has 1 unspecified atom stereocenters. The summed E-state index contributed by atoms with van der Waals surface area (Å²) in [5, 5.41) is 9.71. The molecule has 7 nitrogen and oxygen atoms in total. The van der Waals surface area contributed by atoms with E-state index in [9.17, 15) is 18.0 Å². The van der Waals surface area contributed by atoms with Gasteiger partial charge >= 0.3 is 12.1 Å². The van der Waals surface area contributed by atoms with Gasteiger partial charge in [-0.3, -0.25) is 10.2 Å². The lowest BCUT2D eigenvalue weighted by Gasteiger charge is -2.30. The van der Waals surface area contributed by atoms with Gasteiger partial charge in [0.2, 0.25) is 0 Å². The Balaban J connectivity index is 0.000000321. The van der Waals surface area contributed by atoms with E-state index in [1.807, 2.05) is 17.1 Å². The molecule has 0 spiro atoms. The number of carbonyl (C=O) groups is 2. The highest BCUT2D eigenvalue weighted by molar-refractivity contribution is 6.30. The van der Waals surface area contributed by atoms with Gasteiger partial charge in [-0.25, -0.2) is 9.80 Å². The number of ether oxygens (including phenoxy) is 1. The van der Waals surface area contributed by atoms with Crippen LogP contribution in [0.3, 0.4) is 0 Å². The van der Waals surface area contributed by atoms with Crippen LogP contribution in [0, 0.1) is 0 Å². The number of benzene rings is 1. The van der Waals surface area contributed by atoms with Crippen LogP contribution in [0.1, 0.15) is 18.4 Å². The fourth-order valence-corrected chi connectivity index (χ4v) is 2.80. The highest BCUT2D eigenvalue weighted by Gasteiger charge is 2.38. The summed E-state index contributed by atoms with van der Waals surface area (Å²) in [5.74, 6) is -2.12. The number of piperidine rings is 1. The highest BCUT2D eigenvalue weighted by atomic mass is 35.5. The van der Waals surface area contributed by atoms with E-state index < -0.39 is 18.2 Å². The second-order valence-electron chi connectivity index (χ2n) is 6.17. The van der Waals surface area contributed by atoms with Crippen molar-refractivity contribution in [3.05, 3.63) is 28.8 Å². The van der Waals surface area contributed by atoms with Gasteiger partial charge < -0.3 is 15.6 Å². The maximum Gasteiger partial charge on any atom is 0.490 e. The number of nitrogens with two attached hydrogens (primary N) is 1. The van der Waals surface area contributed by atoms with Crippen LogP contribution in [-0.2, 0) is 16.0 Å². The van der Waals surface area contributed by atoms with Crippen molar-refractivity contribution in [2.24, 2.45) is 5.73 Å². The van der Waals surface area contributed by atoms with Crippen molar-refractivity contribution in [2.45, 2.75) is 37.6 Å². The van der Waals surface area contributed by atoms with Gasteiger partial charge in [-0.15, -0.1) is 0 Å². The van der Waals surface area contributed by atoms with Crippen LogP contribution in [0.2, 0.25) is 5.02 Å².